The first-order valence-corrected chi connectivity index (χ1v) is 7.36. The maximum Gasteiger partial charge on any atom is 0.184 e. The summed E-state index contributed by atoms with van der Waals surface area (Å²) in [7, 11) is 1.66. The molecule has 0 saturated carbocycles. The highest BCUT2D eigenvalue weighted by atomic mass is 16.5. The monoisotopic (exact) mass is 293 g/mol. The molecule has 0 aliphatic rings. The fourth-order valence-corrected chi connectivity index (χ4v) is 2.43. The second-order valence-corrected chi connectivity index (χ2v) is 5.30. The zero-order valence-corrected chi connectivity index (χ0v) is 12.8. The fraction of sp³-hybridized carbons (Fsp3) is 0.222. The van der Waals surface area contributed by atoms with Gasteiger partial charge in [0.2, 0.25) is 0 Å². The van der Waals surface area contributed by atoms with Gasteiger partial charge >= 0.3 is 0 Å². The van der Waals surface area contributed by atoms with Crippen LogP contribution in [0, 0.1) is 6.92 Å². The molecule has 0 radical (unpaired) electrons. The summed E-state index contributed by atoms with van der Waals surface area (Å²) < 4.78 is 5.40. The SMILES string of the molecule is COc1ccc(C)cc1-c1n[nH]c(CCc2ccccc2)n1. The Kier molecular flexibility index (Phi) is 4.19. The second kappa shape index (κ2) is 6.43. The first kappa shape index (κ1) is 14.3. The molecule has 0 atom stereocenters. The van der Waals surface area contributed by atoms with Crippen LogP contribution in [0.25, 0.3) is 11.4 Å². The van der Waals surface area contributed by atoms with Gasteiger partial charge in [0.25, 0.3) is 0 Å². The molecule has 0 fully saturated rings. The number of ether oxygens (including phenoxy) is 1. The van der Waals surface area contributed by atoms with Crippen LogP contribution in [0.3, 0.4) is 0 Å². The van der Waals surface area contributed by atoms with E-state index in [0.29, 0.717) is 5.82 Å². The molecule has 3 aromatic rings. The molecule has 22 heavy (non-hydrogen) atoms. The second-order valence-electron chi connectivity index (χ2n) is 5.30. The largest absolute Gasteiger partial charge is 0.496 e. The Morgan fingerprint density at radius 3 is 2.64 bits per heavy atom. The van der Waals surface area contributed by atoms with Gasteiger partial charge in [-0.1, -0.05) is 42.0 Å². The minimum Gasteiger partial charge on any atom is -0.496 e. The van der Waals surface area contributed by atoms with Gasteiger partial charge in [0.1, 0.15) is 11.6 Å². The highest BCUT2D eigenvalue weighted by Crippen LogP contribution is 2.28. The van der Waals surface area contributed by atoms with Gasteiger partial charge in [-0.2, -0.15) is 5.10 Å². The molecule has 0 aliphatic heterocycles. The van der Waals surface area contributed by atoms with Crippen molar-refractivity contribution in [3.05, 3.63) is 65.5 Å². The van der Waals surface area contributed by atoms with Gasteiger partial charge in [-0.05, 0) is 31.0 Å². The number of rotatable bonds is 5. The van der Waals surface area contributed by atoms with Gasteiger partial charge < -0.3 is 4.74 Å². The van der Waals surface area contributed by atoms with Gasteiger partial charge in [0.15, 0.2) is 5.82 Å². The molecule has 112 valence electrons. The summed E-state index contributed by atoms with van der Waals surface area (Å²) in [5.74, 6) is 2.37. The van der Waals surface area contributed by atoms with Crippen molar-refractivity contribution in [2.45, 2.75) is 19.8 Å². The van der Waals surface area contributed by atoms with Crippen LogP contribution in [0.4, 0.5) is 0 Å². The van der Waals surface area contributed by atoms with Gasteiger partial charge in [-0.25, -0.2) is 4.98 Å². The first-order valence-electron chi connectivity index (χ1n) is 7.36. The van der Waals surface area contributed by atoms with Crippen LogP contribution >= 0.6 is 0 Å². The number of methoxy groups -OCH3 is 1. The predicted octanol–water partition coefficient (Wildman–Crippen LogP) is 3.57. The highest BCUT2D eigenvalue weighted by molar-refractivity contribution is 5.64. The minimum absolute atomic E-state index is 0.684. The summed E-state index contributed by atoms with van der Waals surface area (Å²) in [4.78, 5) is 4.60. The molecule has 1 N–H and O–H groups in total. The van der Waals surface area contributed by atoms with Gasteiger partial charge in [0.05, 0.1) is 12.7 Å². The smallest absolute Gasteiger partial charge is 0.184 e. The Morgan fingerprint density at radius 1 is 1.05 bits per heavy atom. The maximum atomic E-state index is 5.40. The van der Waals surface area contributed by atoms with E-state index >= 15 is 0 Å². The van der Waals surface area contributed by atoms with E-state index in [0.717, 1.165) is 35.5 Å². The van der Waals surface area contributed by atoms with Crippen LogP contribution in [0.15, 0.2) is 48.5 Å². The van der Waals surface area contributed by atoms with Crippen LogP contribution in [0.2, 0.25) is 0 Å². The number of hydrogen-bond acceptors (Lipinski definition) is 3. The van der Waals surface area contributed by atoms with E-state index in [1.807, 2.05) is 31.2 Å². The summed E-state index contributed by atoms with van der Waals surface area (Å²) in [6.07, 6.45) is 1.78. The number of aromatic amines is 1. The molecule has 0 amide bonds. The molecule has 0 saturated heterocycles. The molecule has 3 rings (SSSR count). The van der Waals surface area contributed by atoms with E-state index in [1.54, 1.807) is 7.11 Å². The number of benzene rings is 2. The molecular weight excluding hydrogens is 274 g/mol. The Morgan fingerprint density at radius 2 is 1.86 bits per heavy atom. The molecule has 1 heterocycles. The van der Waals surface area contributed by atoms with Crippen LogP contribution in [-0.2, 0) is 12.8 Å². The lowest BCUT2D eigenvalue weighted by Gasteiger charge is -2.05. The summed E-state index contributed by atoms with van der Waals surface area (Å²) in [5, 5.41) is 7.36. The average molecular weight is 293 g/mol. The zero-order valence-electron chi connectivity index (χ0n) is 12.8. The van der Waals surface area contributed by atoms with Crippen LogP contribution in [0.5, 0.6) is 5.75 Å². The van der Waals surface area contributed by atoms with Crippen molar-refractivity contribution in [3.63, 3.8) is 0 Å². The quantitative estimate of drug-likeness (QED) is 0.782. The Hall–Kier alpha value is -2.62. The summed E-state index contributed by atoms with van der Waals surface area (Å²) in [6.45, 7) is 2.05. The van der Waals surface area contributed by atoms with Gasteiger partial charge in [-0.3, -0.25) is 5.10 Å². The van der Waals surface area contributed by atoms with E-state index < -0.39 is 0 Å². The molecule has 0 unspecified atom stereocenters. The molecule has 4 nitrogen and oxygen atoms in total. The Labute approximate surface area is 130 Å². The minimum atomic E-state index is 0.684. The standard InChI is InChI=1S/C18H19N3O/c1-13-8-10-16(22-2)15(12-13)18-19-17(20-21-18)11-9-14-6-4-3-5-7-14/h3-8,10,12H,9,11H2,1-2H3,(H,19,20,21). The normalized spacial score (nSPS) is 10.6. The van der Waals surface area contributed by atoms with Crippen molar-refractivity contribution < 1.29 is 4.74 Å². The van der Waals surface area contributed by atoms with Crippen molar-refractivity contribution >= 4 is 0 Å². The number of aryl methyl sites for hydroxylation is 3. The summed E-state index contributed by atoms with van der Waals surface area (Å²) >= 11 is 0. The fourth-order valence-electron chi connectivity index (χ4n) is 2.43. The molecule has 4 heteroatoms. The van der Waals surface area contributed by atoms with E-state index in [2.05, 4.69) is 39.4 Å². The molecule has 0 spiro atoms. The van der Waals surface area contributed by atoms with Crippen LogP contribution in [-0.4, -0.2) is 22.3 Å². The average Bonchev–Trinajstić information content (AvgIpc) is 3.03. The third kappa shape index (κ3) is 3.17. The topological polar surface area (TPSA) is 50.8 Å². The lowest BCUT2D eigenvalue weighted by Crippen LogP contribution is -1.93. The van der Waals surface area contributed by atoms with E-state index in [-0.39, 0.29) is 0 Å². The lowest BCUT2D eigenvalue weighted by atomic mass is 10.1. The number of H-pyrrole nitrogens is 1. The van der Waals surface area contributed by atoms with Gasteiger partial charge in [0, 0.05) is 6.42 Å². The third-order valence-electron chi connectivity index (χ3n) is 3.62. The predicted molar refractivity (Wildman–Crippen MR) is 87.0 cm³/mol. The number of aromatic nitrogens is 3. The molecule has 1 aromatic heterocycles. The Bertz CT molecular complexity index is 750. The molecule has 0 aliphatic carbocycles. The molecule has 0 bridgehead atoms. The summed E-state index contributed by atoms with van der Waals surface area (Å²) in [6, 6.07) is 16.4. The van der Waals surface area contributed by atoms with Crippen molar-refractivity contribution in [2.75, 3.05) is 7.11 Å². The van der Waals surface area contributed by atoms with E-state index in [1.165, 1.54) is 5.56 Å². The highest BCUT2D eigenvalue weighted by Gasteiger charge is 2.11. The van der Waals surface area contributed by atoms with Gasteiger partial charge in [-0.15, -0.1) is 0 Å². The van der Waals surface area contributed by atoms with Crippen molar-refractivity contribution in [3.8, 4) is 17.1 Å². The van der Waals surface area contributed by atoms with Crippen LogP contribution < -0.4 is 4.74 Å². The molecule has 2 aromatic carbocycles. The van der Waals surface area contributed by atoms with Crippen molar-refractivity contribution in [1.82, 2.24) is 15.2 Å². The molecular formula is C18H19N3O. The van der Waals surface area contributed by atoms with Crippen molar-refractivity contribution in [2.24, 2.45) is 0 Å². The zero-order chi connectivity index (χ0) is 15.4. The summed E-state index contributed by atoms with van der Waals surface area (Å²) in [5.41, 5.74) is 3.38. The van der Waals surface area contributed by atoms with E-state index in [4.69, 9.17) is 4.74 Å². The third-order valence-corrected chi connectivity index (χ3v) is 3.62. The Balaban J connectivity index is 1.78. The number of nitrogens with zero attached hydrogens (tertiary/aromatic N) is 2. The van der Waals surface area contributed by atoms with Crippen molar-refractivity contribution in [1.29, 1.82) is 0 Å². The first-order chi connectivity index (χ1) is 10.8. The number of hydrogen-bond donors (Lipinski definition) is 1. The van der Waals surface area contributed by atoms with E-state index in [9.17, 15) is 0 Å². The maximum absolute atomic E-state index is 5.40. The lowest BCUT2D eigenvalue weighted by molar-refractivity contribution is 0.416. The number of nitrogens with one attached hydrogen (secondary N) is 1. The van der Waals surface area contributed by atoms with Crippen LogP contribution in [0.1, 0.15) is 17.0 Å².